The second-order valence-electron chi connectivity index (χ2n) is 6.69. The third-order valence-corrected chi connectivity index (χ3v) is 5.01. The summed E-state index contributed by atoms with van der Waals surface area (Å²) in [5.41, 5.74) is 0.988. The zero-order valence-corrected chi connectivity index (χ0v) is 14.7. The number of rotatable bonds is 4. The molecule has 0 spiro atoms. The smallest absolute Gasteiger partial charge is 0.231 e. The summed E-state index contributed by atoms with van der Waals surface area (Å²) in [4.78, 5) is 17.0. The molecule has 5 heteroatoms. The van der Waals surface area contributed by atoms with Crippen molar-refractivity contribution in [2.75, 3.05) is 44.7 Å². The Hall–Kier alpha value is -1.10. The Morgan fingerprint density at radius 1 is 1.30 bits per heavy atom. The monoisotopic (exact) mass is 337 g/mol. The number of halogens is 1. The molecule has 0 bridgehead atoms. The molecule has 1 amide bonds. The van der Waals surface area contributed by atoms with E-state index in [2.05, 4.69) is 10.2 Å². The molecule has 2 atom stereocenters. The van der Waals surface area contributed by atoms with Gasteiger partial charge in [-0.2, -0.15) is 0 Å². The van der Waals surface area contributed by atoms with E-state index in [1.165, 1.54) is 19.4 Å². The predicted molar refractivity (Wildman–Crippen MR) is 97.2 cm³/mol. The lowest BCUT2D eigenvalue weighted by molar-refractivity contribution is -0.121. The quantitative estimate of drug-likeness (QED) is 0.916. The van der Waals surface area contributed by atoms with Crippen LogP contribution in [0.3, 0.4) is 0 Å². The van der Waals surface area contributed by atoms with Gasteiger partial charge in [0.15, 0.2) is 0 Å². The van der Waals surface area contributed by atoms with Gasteiger partial charge >= 0.3 is 0 Å². The van der Waals surface area contributed by atoms with Crippen molar-refractivity contribution in [3.63, 3.8) is 0 Å². The second-order valence-corrected chi connectivity index (χ2v) is 6.69. The van der Waals surface area contributed by atoms with Crippen molar-refractivity contribution in [1.82, 2.24) is 10.2 Å². The van der Waals surface area contributed by atoms with Crippen molar-refractivity contribution in [2.45, 2.75) is 19.3 Å². The Balaban J connectivity index is 0.00000192. The number of carbonyl (C=O) groups is 1. The van der Waals surface area contributed by atoms with E-state index in [0.29, 0.717) is 0 Å². The number of amides is 1. The number of para-hydroxylation sites is 1. The molecule has 0 aliphatic carbocycles. The van der Waals surface area contributed by atoms with Crippen molar-refractivity contribution < 1.29 is 4.79 Å². The molecule has 2 heterocycles. The van der Waals surface area contributed by atoms with Gasteiger partial charge in [0, 0.05) is 25.8 Å². The normalized spacial score (nSPS) is 24.9. The second kappa shape index (κ2) is 8.67. The van der Waals surface area contributed by atoms with Gasteiger partial charge in [0.2, 0.25) is 5.91 Å². The summed E-state index contributed by atoms with van der Waals surface area (Å²) < 4.78 is 0. The molecule has 1 N–H and O–H groups in total. The van der Waals surface area contributed by atoms with Crippen LogP contribution >= 0.6 is 12.4 Å². The number of benzene rings is 1. The number of nitrogens with one attached hydrogen (secondary N) is 1. The zero-order chi connectivity index (χ0) is 15.4. The predicted octanol–water partition coefficient (Wildman–Crippen LogP) is 2.39. The maximum Gasteiger partial charge on any atom is 0.231 e. The first-order valence-corrected chi connectivity index (χ1v) is 8.49. The molecular formula is C18H28ClN3O. The van der Waals surface area contributed by atoms with Crippen LogP contribution in [0.5, 0.6) is 0 Å². The maximum absolute atomic E-state index is 12.7. The van der Waals surface area contributed by atoms with E-state index in [4.69, 9.17) is 0 Å². The number of hydrogen-bond acceptors (Lipinski definition) is 3. The van der Waals surface area contributed by atoms with Crippen LogP contribution in [0.15, 0.2) is 30.3 Å². The summed E-state index contributed by atoms with van der Waals surface area (Å²) in [7, 11) is 1.89. The van der Waals surface area contributed by atoms with E-state index >= 15 is 0 Å². The number of carbonyl (C=O) groups excluding carboxylic acids is 1. The molecule has 0 saturated carbocycles. The molecule has 3 rings (SSSR count). The van der Waals surface area contributed by atoms with Crippen molar-refractivity contribution in [1.29, 1.82) is 0 Å². The summed E-state index contributed by atoms with van der Waals surface area (Å²) >= 11 is 0. The molecule has 1 aromatic carbocycles. The molecule has 2 aliphatic heterocycles. The Kier molecular flexibility index (Phi) is 6.88. The fourth-order valence-electron chi connectivity index (χ4n) is 3.70. The Morgan fingerprint density at radius 3 is 2.78 bits per heavy atom. The molecule has 23 heavy (non-hydrogen) atoms. The topological polar surface area (TPSA) is 35.6 Å². The van der Waals surface area contributed by atoms with Crippen LogP contribution in [-0.2, 0) is 4.79 Å². The highest BCUT2D eigenvalue weighted by Crippen LogP contribution is 2.23. The largest absolute Gasteiger partial charge is 0.316 e. The fraction of sp³-hybridized carbons (Fsp3) is 0.611. The van der Waals surface area contributed by atoms with Crippen molar-refractivity contribution in [3.8, 4) is 0 Å². The minimum atomic E-state index is 0. The SMILES string of the molecule is CN(C(=O)C1CCN(CC2CCCNC2)C1)c1ccccc1.Cl. The number of likely N-dealkylation sites (tertiary alicyclic amines) is 1. The van der Waals surface area contributed by atoms with E-state index in [1.807, 2.05) is 42.3 Å². The summed E-state index contributed by atoms with van der Waals surface area (Å²) in [5.74, 6) is 1.17. The van der Waals surface area contributed by atoms with Crippen LogP contribution in [0.1, 0.15) is 19.3 Å². The van der Waals surface area contributed by atoms with E-state index < -0.39 is 0 Å². The van der Waals surface area contributed by atoms with E-state index in [1.54, 1.807) is 0 Å². The van der Waals surface area contributed by atoms with Crippen LogP contribution in [0.4, 0.5) is 5.69 Å². The highest BCUT2D eigenvalue weighted by Gasteiger charge is 2.31. The van der Waals surface area contributed by atoms with Crippen LogP contribution < -0.4 is 10.2 Å². The number of anilines is 1. The maximum atomic E-state index is 12.7. The lowest BCUT2D eigenvalue weighted by atomic mass is 9.99. The van der Waals surface area contributed by atoms with E-state index in [9.17, 15) is 4.79 Å². The molecule has 128 valence electrons. The molecule has 0 radical (unpaired) electrons. The third kappa shape index (κ3) is 4.69. The summed E-state index contributed by atoms with van der Waals surface area (Å²) in [6.45, 7) is 5.44. The third-order valence-electron chi connectivity index (χ3n) is 5.01. The van der Waals surface area contributed by atoms with Crippen molar-refractivity contribution in [2.24, 2.45) is 11.8 Å². The van der Waals surface area contributed by atoms with Crippen LogP contribution in [-0.4, -0.2) is 50.6 Å². The molecule has 1 aromatic rings. The molecule has 4 nitrogen and oxygen atoms in total. The van der Waals surface area contributed by atoms with Crippen LogP contribution in [0, 0.1) is 11.8 Å². The molecule has 0 aromatic heterocycles. The first-order valence-electron chi connectivity index (χ1n) is 8.49. The van der Waals surface area contributed by atoms with Crippen molar-refractivity contribution in [3.05, 3.63) is 30.3 Å². The van der Waals surface area contributed by atoms with Gasteiger partial charge in [0.25, 0.3) is 0 Å². The molecule has 2 saturated heterocycles. The van der Waals surface area contributed by atoms with Gasteiger partial charge < -0.3 is 15.1 Å². The number of hydrogen-bond donors (Lipinski definition) is 1. The highest BCUT2D eigenvalue weighted by molar-refractivity contribution is 5.94. The average Bonchev–Trinajstić information content (AvgIpc) is 3.04. The highest BCUT2D eigenvalue weighted by atomic mass is 35.5. The average molecular weight is 338 g/mol. The Bertz CT molecular complexity index is 490. The van der Waals surface area contributed by atoms with Gasteiger partial charge in [-0.15, -0.1) is 12.4 Å². The molecule has 2 aliphatic rings. The zero-order valence-electron chi connectivity index (χ0n) is 13.9. The van der Waals surface area contributed by atoms with E-state index in [0.717, 1.165) is 44.2 Å². The van der Waals surface area contributed by atoms with Gasteiger partial charge in [-0.1, -0.05) is 18.2 Å². The molecule has 2 fully saturated rings. The summed E-state index contributed by atoms with van der Waals surface area (Å²) in [5, 5.41) is 3.48. The summed E-state index contributed by atoms with van der Waals surface area (Å²) in [6, 6.07) is 9.94. The van der Waals surface area contributed by atoms with E-state index in [-0.39, 0.29) is 24.2 Å². The Labute approximate surface area is 145 Å². The number of nitrogens with zero attached hydrogens (tertiary/aromatic N) is 2. The van der Waals surface area contributed by atoms with Crippen LogP contribution in [0.2, 0.25) is 0 Å². The lowest BCUT2D eigenvalue weighted by Crippen LogP contribution is -2.39. The van der Waals surface area contributed by atoms with Gasteiger partial charge in [-0.25, -0.2) is 0 Å². The summed E-state index contributed by atoms with van der Waals surface area (Å²) in [6.07, 6.45) is 3.61. The fourth-order valence-corrected chi connectivity index (χ4v) is 3.70. The van der Waals surface area contributed by atoms with Gasteiger partial charge in [-0.3, -0.25) is 4.79 Å². The van der Waals surface area contributed by atoms with Crippen LogP contribution in [0.25, 0.3) is 0 Å². The standard InChI is InChI=1S/C18H27N3O.ClH/c1-20(17-7-3-2-4-8-17)18(22)16-9-11-21(14-16)13-15-6-5-10-19-12-15;/h2-4,7-8,15-16,19H,5-6,9-14H2,1H3;1H. The van der Waals surface area contributed by atoms with Gasteiger partial charge in [0.1, 0.15) is 0 Å². The number of piperidine rings is 1. The molecule has 2 unspecified atom stereocenters. The lowest BCUT2D eigenvalue weighted by Gasteiger charge is -2.27. The first-order chi connectivity index (χ1) is 10.7. The first kappa shape index (κ1) is 18.2. The minimum Gasteiger partial charge on any atom is -0.316 e. The van der Waals surface area contributed by atoms with Gasteiger partial charge in [-0.05, 0) is 56.9 Å². The minimum absolute atomic E-state index is 0. The van der Waals surface area contributed by atoms with Gasteiger partial charge in [0.05, 0.1) is 5.92 Å². The Morgan fingerprint density at radius 2 is 2.09 bits per heavy atom. The molecular weight excluding hydrogens is 310 g/mol. The van der Waals surface area contributed by atoms with Crippen molar-refractivity contribution >= 4 is 24.0 Å².